The molecule has 1 atom stereocenters. The van der Waals surface area contributed by atoms with E-state index in [9.17, 15) is 0 Å². The number of hydrogen-bond acceptors (Lipinski definition) is 6. The maximum absolute atomic E-state index is 5.13. The van der Waals surface area contributed by atoms with Crippen LogP contribution in [-0.2, 0) is 28.7 Å². The topological polar surface area (TPSA) is 68.6 Å². The molecule has 3 fully saturated rings. The van der Waals surface area contributed by atoms with E-state index >= 15 is 0 Å². The Balaban J connectivity index is 1.96. The summed E-state index contributed by atoms with van der Waals surface area (Å²) >= 11 is 0. The van der Waals surface area contributed by atoms with Crippen molar-refractivity contribution in [3.8, 4) is 0 Å². The van der Waals surface area contributed by atoms with E-state index in [4.69, 9.17) is 28.7 Å². The first-order chi connectivity index (χ1) is 6.68. The highest BCUT2D eigenvalue weighted by Crippen LogP contribution is 2.65. The molecule has 0 aromatic rings. The maximum atomic E-state index is 5.13. The Morgan fingerprint density at radius 2 is 1.93 bits per heavy atom. The van der Waals surface area contributed by atoms with Crippen LogP contribution in [0.3, 0.4) is 0 Å². The van der Waals surface area contributed by atoms with Gasteiger partial charge in [0.2, 0.25) is 0 Å². The van der Waals surface area contributed by atoms with Gasteiger partial charge < -0.3 is 0 Å². The first-order valence-corrected chi connectivity index (χ1v) is 6.26. The van der Waals surface area contributed by atoms with E-state index in [1.165, 1.54) is 0 Å². The summed E-state index contributed by atoms with van der Waals surface area (Å²) in [5, 5.41) is -0.521. The van der Waals surface area contributed by atoms with Gasteiger partial charge >= 0.3 is 14.5 Å². The lowest BCUT2D eigenvalue weighted by molar-refractivity contribution is -0.313. The Hall–Kier alpha value is -0.283. The molecule has 0 aromatic carbocycles. The van der Waals surface area contributed by atoms with Crippen LogP contribution in [0.1, 0.15) is 13.8 Å². The van der Waals surface area contributed by atoms with Gasteiger partial charge in [-0.05, 0) is 19.5 Å². The quantitative estimate of drug-likeness (QED) is 0.388. The predicted octanol–water partition coefficient (Wildman–Crippen LogP) is 0.843. The van der Waals surface area contributed by atoms with E-state index in [0.717, 1.165) is 0 Å². The van der Waals surface area contributed by atoms with Crippen molar-refractivity contribution >= 4 is 8.56 Å². The number of rotatable bonds is 2. The Labute approximate surface area is 81.3 Å². The molecule has 0 aromatic heterocycles. The SMILES string of the molecule is C/C=C/[Si]1(C2(C)COOC23OO3)OO1. The summed E-state index contributed by atoms with van der Waals surface area (Å²) in [7, 11) is -2.40. The van der Waals surface area contributed by atoms with Gasteiger partial charge in [0.15, 0.2) is 0 Å². The minimum Gasteiger partial charge on any atom is -0.250 e. The van der Waals surface area contributed by atoms with Gasteiger partial charge in [0, 0.05) is 0 Å². The minimum atomic E-state index is -2.40. The van der Waals surface area contributed by atoms with Gasteiger partial charge in [-0.3, -0.25) is 9.15 Å². The van der Waals surface area contributed by atoms with Crippen LogP contribution in [0.4, 0.5) is 0 Å². The molecule has 0 amide bonds. The molecule has 3 heterocycles. The molecule has 0 aliphatic carbocycles. The Kier molecular flexibility index (Phi) is 1.57. The molecule has 1 unspecified atom stereocenters. The molecule has 3 aliphatic heterocycles. The van der Waals surface area contributed by atoms with E-state index in [0.29, 0.717) is 6.61 Å². The molecule has 14 heavy (non-hydrogen) atoms. The predicted molar refractivity (Wildman–Crippen MR) is 43.0 cm³/mol. The van der Waals surface area contributed by atoms with Crippen molar-refractivity contribution in [1.82, 2.24) is 0 Å². The van der Waals surface area contributed by atoms with Crippen LogP contribution >= 0.6 is 0 Å². The Morgan fingerprint density at radius 3 is 2.43 bits per heavy atom. The highest BCUT2D eigenvalue weighted by atomic mass is 28.4. The molecule has 0 saturated carbocycles. The molecule has 3 aliphatic rings. The van der Waals surface area contributed by atoms with Crippen LogP contribution in [0.15, 0.2) is 11.8 Å². The number of hydrogen-bond donors (Lipinski definition) is 0. The van der Waals surface area contributed by atoms with Gasteiger partial charge in [0.05, 0.1) is 6.61 Å². The Bertz CT molecular complexity index is 297. The highest BCUT2D eigenvalue weighted by Gasteiger charge is 2.85. The van der Waals surface area contributed by atoms with Crippen LogP contribution in [0.2, 0.25) is 5.04 Å². The maximum Gasteiger partial charge on any atom is 0.445 e. The third kappa shape index (κ3) is 0.853. The molecule has 6 nitrogen and oxygen atoms in total. The van der Waals surface area contributed by atoms with Crippen LogP contribution in [0.25, 0.3) is 0 Å². The fourth-order valence-corrected chi connectivity index (χ4v) is 4.11. The second-order valence-corrected chi connectivity index (χ2v) is 6.84. The first kappa shape index (κ1) is 8.98. The largest absolute Gasteiger partial charge is 0.445 e. The zero-order valence-corrected chi connectivity index (χ0v) is 8.81. The summed E-state index contributed by atoms with van der Waals surface area (Å²) in [5.74, 6) is -1.12. The van der Waals surface area contributed by atoms with Gasteiger partial charge in [-0.1, -0.05) is 6.08 Å². The highest BCUT2D eigenvalue weighted by molar-refractivity contribution is 6.80. The fraction of sp³-hybridized carbons (Fsp3) is 0.714. The van der Waals surface area contributed by atoms with Crippen molar-refractivity contribution in [1.29, 1.82) is 0 Å². The summed E-state index contributed by atoms with van der Waals surface area (Å²) in [6.07, 6.45) is 1.89. The second-order valence-electron chi connectivity index (χ2n) is 3.73. The van der Waals surface area contributed by atoms with Crippen molar-refractivity contribution < 1.29 is 28.7 Å². The third-order valence-corrected chi connectivity index (χ3v) is 6.13. The smallest absolute Gasteiger partial charge is 0.250 e. The second kappa shape index (κ2) is 2.45. The first-order valence-electron chi connectivity index (χ1n) is 4.36. The zero-order valence-electron chi connectivity index (χ0n) is 7.81. The summed E-state index contributed by atoms with van der Waals surface area (Å²) in [5.41, 5.74) is 1.91. The van der Waals surface area contributed by atoms with Crippen LogP contribution in [0, 0.1) is 0 Å². The Morgan fingerprint density at radius 1 is 1.21 bits per heavy atom. The van der Waals surface area contributed by atoms with Crippen LogP contribution in [-0.4, -0.2) is 21.1 Å². The monoisotopic (exact) mass is 218 g/mol. The summed E-state index contributed by atoms with van der Waals surface area (Å²) in [6, 6.07) is 0. The summed E-state index contributed by atoms with van der Waals surface area (Å²) < 4.78 is 10.3. The average Bonchev–Trinajstić information content (AvgIpc) is 2.99. The van der Waals surface area contributed by atoms with Crippen LogP contribution in [0.5, 0.6) is 0 Å². The minimum absolute atomic E-state index is 0.337. The van der Waals surface area contributed by atoms with E-state index in [2.05, 4.69) is 0 Å². The van der Waals surface area contributed by atoms with Crippen molar-refractivity contribution in [3.63, 3.8) is 0 Å². The molecule has 7 heteroatoms. The van der Waals surface area contributed by atoms with Gasteiger partial charge in [0.25, 0.3) is 0 Å². The zero-order chi connectivity index (χ0) is 9.86. The van der Waals surface area contributed by atoms with Crippen LogP contribution < -0.4 is 0 Å². The molecule has 1 spiro atoms. The van der Waals surface area contributed by atoms with Gasteiger partial charge in [-0.2, -0.15) is 14.7 Å². The molecule has 3 saturated heterocycles. The van der Waals surface area contributed by atoms with Crippen molar-refractivity contribution in [2.24, 2.45) is 0 Å². The third-order valence-electron chi connectivity index (χ3n) is 2.84. The van der Waals surface area contributed by atoms with E-state index in [1.54, 1.807) is 0 Å². The normalized spacial score (nSPS) is 42.1. The van der Waals surface area contributed by atoms with Crippen molar-refractivity contribution in [3.05, 3.63) is 11.8 Å². The standard InChI is InChI=1S/C7H10O6Si/c1-3-4-14(12-13-14)6(2)5-8-9-7(6)10-11-7/h3-4H,5H2,1-2H3/b4-3+. The van der Waals surface area contributed by atoms with E-state index in [1.807, 2.05) is 25.6 Å². The lowest BCUT2D eigenvalue weighted by Gasteiger charge is -2.19. The lowest BCUT2D eigenvalue weighted by Crippen LogP contribution is -2.43. The van der Waals surface area contributed by atoms with Crippen molar-refractivity contribution in [2.45, 2.75) is 24.9 Å². The fourth-order valence-electron chi connectivity index (χ4n) is 1.66. The van der Waals surface area contributed by atoms with E-state index in [-0.39, 0.29) is 0 Å². The molecule has 0 N–H and O–H groups in total. The van der Waals surface area contributed by atoms with Crippen molar-refractivity contribution in [2.75, 3.05) is 6.61 Å². The van der Waals surface area contributed by atoms with Gasteiger partial charge in [-0.25, -0.2) is 4.89 Å². The molecular formula is C7H10O6Si. The molecule has 0 radical (unpaired) electrons. The average molecular weight is 218 g/mol. The lowest BCUT2D eigenvalue weighted by atomic mass is 10.1. The number of allylic oxidation sites excluding steroid dienone is 1. The molecule has 0 bridgehead atoms. The summed E-state index contributed by atoms with van der Waals surface area (Å²) in [4.78, 5) is 19.5. The summed E-state index contributed by atoms with van der Waals surface area (Å²) in [6.45, 7) is 4.15. The van der Waals surface area contributed by atoms with Gasteiger partial charge in [0.1, 0.15) is 5.04 Å². The van der Waals surface area contributed by atoms with Gasteiger partial charge in [-0.15, -0.1) is 0 Å². The molecule has 3 rings (SSSR count). The molecular weight excluding hydrogens is 208 g/mol. The van der Waals surface area contributed by atoms with E-state index < -0.39 is 19.6 Å². The molecule has 78 valence electrons.